The third kappa shape index (κ3) is 3.28. The van der Waals surface area contributed by atoms with Crippen molar-refractivity contribution in [2.24, 2.45) is 0 Å². The van der Waals surface area contributed by atoms with E-state index < -0.39 is 0 Å². The van der Waals surface area contributed by atoms with Gasteiger partial charge >= 0.3 is 0 Å². The first-order chi connectivity index (χ1) is 10.7. The van der Waals surface area contributed by atoms with Gasteiger partial charge in [0.1, 0.15) is 0 Å². The largest absolute Gasteiger partial charge is 0.359 e. The van der Waals surface area contributed by atoms with Crippen LogP contribution in [0.25, 0.3) is 10.9 Å². The predicted molar refractivity (Wildman–Crippen MR) is 97.7 cm³/mol. The summed E-state index contributed by atoms with van der Waals surface area (Å²) in [6.45, 7) is 6.41. The van der Waals surface area contributed by atoms with Crippen molar-refractivity contribution in [2.45, 2.75) is 18.8 Å². The van der Waals surface area contributed by atoms with Crippen molar-refractivity contribution in [1.29, 1.82) is 0 Å². The Hall–Kier alpha value is -1.52. The highest BCUT2D eigenvalue weighted by Crippen LogP contribution is 2.30. The fourth-order valence-corrected chi connectivity index (χ4v) is 3.46. The van der Waals surface area contributed by atoms with Gasteiger partial charge in [-0.2, -0.15) is 0 Å². The Balaban J connectivity index is 1.65. The molecule has 0 radical (unpaired) electrons. The van der Waals surface area contributed by atoms with Crippen LogP contribution in [0.3, 0.4) is 0 Å². The fourth-order valence-electron chi connectivity index (χ4n) is 3.01. The van der Waals surface area contributed by atoms with Crippen LogP contribution in [-0.2, 0) is 0 Å². The zero-order chi connectivity index (χ0) is 15.5. The van der Waals surface area contributed by atoms with Crippen LogP contribution in [0.1, 0.15) is 24.5 Å². The number of piperidine rings is 1. The van der Waals surface area contributed by atoms with Crippen LogP contribution in [0, 0.1) is 0 Å². The van der Waals surface area contributed by atoms with E-state index in [9.17, 15) is 0 Å². The Kier molecular flexibility index (Phi) is 4.69. The molecule has 2 aromatic rings. The molecule has 0 amide bonds. The number of halogens is 1. The first-order valence-corrected chi connectivity index (χ1v) is 8.38. The minimum absolute atomic E-state index is 0.560. The third-order valence-corrected chi connectivity index (χ3v) is 4.86. The number of thiocarbonyl (C=S) groups is 1. The maximum absolute atomic E-state index is 6.06. The minimum atomic E-state index is 0.560. The van der Waals surface area contributed by atoms with E-state index in [1.165, 1.54) is 11.1 Å². The number of H-pyrrole nitrogens is 1. The van der Waals surface area contributed by atoms with E-state index in [0.717, 1.165) is 48.1 Å². The van der Waals surface area contributed by atoms with E-state index in [0.29, 0.717) is 5.92 Å². The van der Waals surface area contributed by atoms with Crippen molar-refractivity contribution in [3.05, 3.63) is 47.6 Å². The molecule has 5 heteroatoms. The molecular formula is C17H20ClN3S. The Labute approximate surface area is 141 Å². The van der Waals surface area contributed by atoms with Gasteiger partial charge in [-0.3, -0.25) is 0 Å². The van der Waals surface area contributed by atoms with Crippen LogP contribution in [0.5, 0.6) is 0 Å². The van der Waals surface area contributed by atoms with Gasteiger partial charge in [-0.1, -0.05) is 17.7 Å². The second kappa shape index (κ2) is 6.71. The van der Waals surface area contributed by atoms with Crippen molar-refractivity contribution in [1.82, 2.24) is 15.2 Å². The lowest BCUT2D eigenvalue weighted by molar-refractivity contribution is 0.308. The zero-order valence-corrected chi connectivity index (χ0v) is 14.0. The molecule has 1 aliphatic heterocycles. The van der Waals surface area contributed by atoms with Crippen LogP contribution >= 0.6 is 23.8 Å². The van der Waals surface area contributed by atoms with Gasteiger partial charge in [0.05, 0.1) is 0 Å². The number of fused-ring (bicyclic) bond motifs is 1. The van der Waals surface area contributed by atoms with E-state index in [4.69, 9.17) is 23.8 Å². The Morgan fingerprint density at radius 2 is 2.18 bits per heavy atom. The summed E-state index contributed by atoms with van der Waals surface area (Å²) >= 11 is 11.5. The third-order valence-electron chi connectivity index (χ3n) is 4.22. The van der Waals surface area contributed by atoms with Crippen LogP contribution in [0.4, 0.5) is 0 Å². The SMILES string of the molecule is C=CCNC(=S)N1CCC(c2cc3cc(Cl)ccc3[nH]2)CC1. The average molecular weight is 334 g/mol. The summed E-state index contributed by atoms with van der Waals surface area (Å²) in [6, 6.07) is 8.22. The number of benzene rings is 1. The normalized spacial score (nSPS) is 16.0. The van der Waals surface area contributed by atoms with Crippen molar-refractivity contribution < 1.29 is 0 Å². The van der Waals surface area contributed by atoms with Gasteiger partial charge in [0, 0.05) is 47.2 Å². The number of nitrogens with zero attached hydrogens (tertiary/aromatic N) is 1. The number of hydrogen-bond donors (Lipinski definition) is 2. The molecule has 0 atom stereocenters. The van der Waals surface area contributed by atoms with Gasteiger partial charge in [0.25, 0.3) is 0 Å². The predicted octanol–water partition coefficient (Wildman–Crippen LogP) is 4.06. The molecule has 1 fully saturated rings. The quantitative estimate of drug-likeness (QED) is 0.656. The molecule has 2 heterocycles. The summed E-state index contributed by atoms with van der Waals surface area (Å²) < 4.78 is 0. The number of hydrogen-bond acceptors (Lipinski definition) is 1. The summed E-state index contributed by atoms with van der Waals surface area (Å²) in [6.07, 6.45) is 4.04. The van der Waals surface area contributed by atoms with Gasteiger partial charge < -0.3 is 15.2 Å². The van der Waals surface area contributed by atoms with E-state index in [2.05, 4.69) is 27.8 Å². The van der Waals surface area contributed by atoms with E-state index in [1.54, 1.807) is 0 Å². The molecule has 1 saturated heterocycles. The summed E-state index contributed by atoms with van der Waals surface area (Å²) in [5, 5.41) is 6.01. The molecule has 0 spiro atoms. The van der Waals surface area contributed by atoms with Gasteiger partial charge in [-0.05, 0) is 49.3 Å². The topological polar surface area (TPSA) is 31.1 Å². The van der Waals surface area contributed by atoms with Crippen LogP contribution in [-0.4, -0.2) is 34.6 Å². The maximum atomic E-state index is 6.06. The highest BCUT2D eigenvalue weighted by atomic mass is 35.5. The van der Waals surface area contributed by atoms with Crippen molar-refractivity contribution in [3.63, 3.8) is 0 Å². The molecular weight excluding hydrogens is 314 g/mol. The number of aromatic amines is 1. The zero-order valence-electron chi connectivity index (χ0n) is 12.4. The highest BCUT2D eigenvalue weighted by Gasteiger charge is 2.23. The number of aromatic nitrogens is 1. The molecule has 116 valence electrons. The molecule has 22 heavy (non-hydrogen) atoms. The molecule has 3 nitrogen and oxygen atoms in total. The highest BCUT2D eigenvalue weighted by molar-refractivity contribution is 7.80. The lowest BCUT2D eigenvalue weighted by atomic mass is 9.94. The van der Waals surface area contributed by atoms with Gasteiger partial charge in [0.15, 0.2) is 5.11 Å². The Morgan fingerprint density at radius 1 is 1.41 bits per heavy atom. The molecule has 0 saturated carbocycles. The Bertz CT molecular complexity index is 686. The maximum Gasteiger partial charge on any atom is 0.169 e. The monoisotopic (exact) mass is 333 g/mol. The lowest BCUT2D eigenvalue weighted by Crippen LogP contribution is -2.43. The van der Waals surface area contributed by atoms with E-state index >= 15 is 0 Å². The second-order valence-corrected chi connectivity index (χ2v) is 6.52. The number of nitrogens with one attached hydrogen (secondary N) is 2. The summed E-state index contributed by atoms with van der Waals surface area (Å²) in [5.41, 5.74) is 2.46. The van der Waals surface area contributed by atoms with Crippen molar-refractivity contribution >= 4 is 39.8 Å². The molecule has 3 rings (SSSR count). The average Bonchev–Trinajstić information content (AvgIpc) is 2.95. The Morgan fingerprint density at radius 3 is 2.91 bits per heavy atom. The second-order valence-electron chi connectivity index (χ2n) is 5.69. The lowest BCUT2D eigenvalue weighted by Gasteiger charge is -2.33. The van der Waals surface area contributed by atoms with E-state index in [-0.39, 0.29) is 0 Å². The van der Waals surface area contributed by atoms with Gasteiger partial charge in [-0.15, -0.1) is 6.58 Å². The van der Waals surface area contributed by atoms with Crippen molar-refractivity contribution in [2.75, 3.05) is 19.6 Å². The molecule has 1 aromatic carbocycles. The summed E-state index contributed by atoms with van der Waals surface area (Å²) in [4.78, 5) is 5.78. The van der Waals surface area contributed by atoms with Crippen LogP contribution < -0.4 is 5.32 Å². The fraction of sp³-hybridized carbons (Fsp3) is 0.353. The van der Waals surface area contributed by atoms with Crippen LogP contribution in [0.15, 0.2) is 36.9 Å². The molecule has 2 N–H and O–H groups in total. The number of likely N-dealkylation sites (tertiary alicyclic amines) is 1. The molecule has 0 aliphatic carbocycles. The first-order valence-electron chi connectivity index (χ1n) is 7.59. The van der Waals surface area contributed by atoms with E-state index in [1.807, 2.05) is 24.3 Å². The summed E-state index contributed by atoms with van der Waals surface area (Å²) in [7, 11) is 0. The standard InChI is InChI=1S/C17H20ClN3S/c1-2-7-19-17(22)21-8-5-12(6-9-21)16-11-13-10-14(18)3-4-15(13)20-16/h2-4,10-12,20H,1,5-9H2,(H,19,22). The molecule has 1 aliphatic rings. The summed E-state index contributed by atoms with van der Waals surface area (Å²) in [5.74, 6) is 0.560. The molecule has 0 unspecified atom stereocenters. The number of rotatable bonds is 3. The molecule has 1 aromatic heterocycles. The first kappa shape index (κ1) is 15.4. The van der Waals surface area contributed by atoms with Gasteiger partial charge in [-0.25, -0.2) is 0 Å². The van der Waals surface area contributed by atoms with Crippen LogP contribution in [0.2, 0.25) is 5.02 Å². The van der Waals surface area contributed by atoms with Gasteiger partial charge in [0.2, 0.25) is 0 Å². The smallest absolute Gasteiger partial charge is 0.169 e. The van der Waals surface area contributed by atoms with Crippen molar-refractivity contribution in [3.8, 4) is 0 Å². The molecule has 0 bridgehead atoms. The minimum Gasteiger partial charge on any atom is -0.359 e.